The summed E-state index contributed by atoms with van der Waals surface area (Å²) in [5.74, 6) is -0.291. The molecule has 1 aromatic carbocycles. The monoisotopic (exact) mass is 253 g/mol. The second-order valence-corrected chi connectivity index (χ2v) is 5.90. The molecular formula is C15H21F2N. The molecule has 1 aromatic rings. The predicted octanol–water partition coefficient (Wildman–Crippen LogP) is 4.05. The largest absolute Gasteiger partial charge is 0.310 e. The number of benzene rings is 1. The fourth-order valence-electron chi connectivity index (χ4n) is 2.60. The Hall–Kier alpha value is -0.960. The van der Waals surface area contributed by atoms with Crippen molar-refractivity contribution in [3.8, 4) is 0 Å². The summed E-state index contributed by atoms with van der Waals surface area (Å²) in [6.45, 7) is 7.25. The van der Waals surface area contributed by atoms with E-state index in [1.54, 1.807) is 0 Å². The van der Waals surface area contributed by atoms with Crippen LogP contribution in [0.15, 0.2) is 18.2 Å². The number of hydrogen-bond donors (Lipinski definition) is 1. The molecule has 2 rings (SSSR count). The molecule has 1 saturated carbocycles. The zero-order chi connectivity index (χ0) is 13.3. The van der Waals surface area contributed by atoms with E-state index in [4.69, 9.17) is 0 Å². The molecule has 0 radical (unpaired) electrons. The Morgan fingerprint density at radius 3 is 2.61 bits per heavy atom. The van der Waals surface area contributed by atoms with E-state index in [1.807, 2.05) is 0 Å². The van der Waals surface area contributed by atoms with Crippen LogP contribution in [-0.4, -0.2) is 6.54 Å². The first-order valence-corrected chi connectivity index (χ1v) is 6.64. The van der Waals surface area contributed by atoms with Gasteiger partial charge in [-0.2, -0.15) is 0 Å². The Balaban J connectivity index is 2.25. The second kappa shape index (κ2) is 4.96. The van der Waals surface area contributed by atoms with Gasteiger partial charge in [-0.05, 0) is 48.9 Å². The molecule has 0 bridgehead atoms. The zero-order valence-corrected chi connectivity index (χ0v) is 11.3. The minimum atomic E-state index is -0.367. The van der Waals surface area contributed by atoms with Gasteiger partial charge in [-0.25, -0.2) is 8.78 Å². The van der Waals surface area contributed by atoms with Crippen molar-refractivity contribution in [3.63, 3.8) is 0 Å². The molecule has 100 valence electrons. The van der Waals surface area contributed by atoms with Crippen LogP contribution in [0, 0.1) is 23.0 Å². The molecule has 0 aliphatic heterocycles. The van der Waals surface area contributed by atoms with Crippen LogP contribution in [0.5, 0.6) is 0 Å². The molecule has 2 atom stereocenters. The summed E-state index contributed by atoms with van der Waals surface area (Å²) >= 11 is 0. The quantitative estimate of drug-likeness (QED) is 0.834. The Labute approximate surface area is 108 Å². The van der Waals surface area contributed by atoms with Gasteiger partial charge in [-0.1, -0.05) is 20.8 Å². The maximum atomic E-state index is 13.9. The number of halogens is 2. The second-order valence-electron chi connectivity index (χ2n) is 5.90. The highest BCUT2D eigenvalue weighted by Gasteiger charge is 2.50. The highest BCUT2D eigenvalue weighted by molar-refractivity contribution is 5.25. The fraction of sp³-hybridized carbons (Fsp3) is 0.600. The van der Waals surface area contributed by atoms with Gasteiger partial charge < -0.3 is 5.32 Å². The standard InChI is InChI=1S/C15H21F2N/c1-4-7-18-14(12-9-15(12,2)3)11-8-10(16)5-6-13(11)17/h5-6,8,12,14,18H,4,7,9H2,1-3H3. The summed E-state index contributed by atoms with van der Waals surface area (Å²) in [4.78, 5) is 0. The third-order valence-electron chi connectivity index (χ3n) is 3.90. The molecule has 2 unspecified atom stereocenters. The molecule has 0 saturated heterocycles. The van der Waals surface area contributed by atoms with E-state index < -0.39 is 0 Å². The molecule has 1 aliphatic carbocycles. The average molecular weight is 253 g/mol. The first-order chi connectivity index (χ1) is 8.45. The van der Waals surface area contributed by atoms with Crippen molar-refractivity contribution in [1.29, 1.82) is 0 Å². The van der Waals surface area contributed by atoms with Gasteiger partial charge in [0.05, 0.1) is 0 Å². The van der Waals surface area contributed by atoms with Gasteiger partial charge in [0.1, 0.15) is 11.6 Å². The lowest BCUT2D eigenvalue weighted by molar-refractivity contribution is 0.401. The van der Waals surface area contributed by atoms with Gasteiger partial charge in [-0.3, -0.25) is 0 Å². The molecule has 1 nitrogen and oxygen atoms in total. The lowest BCUT2D eigenvalue weighted by Gasteiger charge is -2.21. The van der Waals surface area contributed by atoms with Crippen LogP contribution in [0.4, 0.5) is 8.78 Å². The van der Waals surface area contributed by atoms with Gasteiger partial charge in [0.2, 0.25) is 0 Å². The third-order valence-corrected chi connectivity index (χ3v) is 3.90. The number of rotatable bonds is 5. The lowest BCUT2D eigenvalue weighted by Crippen LogP contribution is -2.26. The zero-order valence-electron chi connectivity index (χ0n) is 11.3. The normalized spacial score (nSPS) is 22.8. The summed E-state index contributed by atoms with van der Waals surface area (Å²) in [6.07, 6.45) is 2.05. The average Bonchev–Trinajstić information content (AvgIpc) is 2.93. The predicted molar refractivity (Wildman–Crippen MR) is 69.3 cm³/mol. The maximum absolute atomic E-state index is 13.9. The Morgan fingerprint density at radius 2 is 2.06 bits per heavy atom. The van der Waals surface area contributed by atoms with Crippen LogP contribution in [0.25, 0.3) is 0 Å². The van der Waals surface area contributed by atoms with Crippen molar-refractivity contribution in [2.24, 2.45) is 11.3 Å². The molecule has 0 spiro atoms. The van der Waals surface area contributed by atoms with Gasteiger partial charge in [0, 0.05) is 11.6 Å². The summed E-state index contributed by atoms with van der Waals surface area (Å²) in [6, 6.07) is 3.65. The summed E-state index contributed by atoms with van der Waals surface area (Å²) in [5, 5.41) is 3.36. The van der Waals surface area contributed by atoms with E-state index in [0.29, 0.717) is 11.5 Å². The van der Waals surface area contributed by atoms with Gasteiger partial charge in [-0.15, -0.1) is 0 Å². The van der Waals surface area contributed by atoms with Crippen molar-refractivity contribution in [2.75, 3.05) is 6.54 Å². The molecule has 18 heavy (non-hydrogen) atoms. The molecule has 0 heterocycles. The number of hydrogen-bond acceptors (Lipinski definition) is 1. The highest BCUT2D eigenvalue weighted by atomic mass is 19.1. The molecule has 1 fully saturated rings. The van der Waals surface area contributed by atoms with Crippen molar-refractivity contribution < 1.29 is 8.78 Å². The summed E-state index contributed by atoms with van der Waals surface area (Å²) < 4.78 is 27.2. The van der Waals surface area contributed by atoms with Crippen molar-refractivity contribution in [1.82, 2.24) is 5.32 Å². The van der Waals surface area contributed by atoms with E-state index in [2.05, 4.69) is 26.1 Å². The highest BCUT2D eigenvalue weighted by Crippen LogP contribution is 2.57. The molecule has 3 heteroatoms. The Kier molecular flexibility index (Phi) is 3.71. The van der Waals surface area contributed by atoms with Crippen molar-refractivity contribution >= 4 is 0 Å². The summed E-state index contributed by atoms with van der Waals surface area (Å²) in [5.41, 5.74) is 0.698. The van der Waals surface area contributed by atoms with E-state index >= 15 is 0 Å². The third kappa shape index (κ3) is 2.72. The summed E-state index contributed by atoms with van der Waals surface area (Å²) in [7, 11) is 0. The van der Waals surface area contributed by atoms with Crippen molar-refractivity contribution in [3.05, 3.63) is 35.4 Å². The van der Waals surface area contributed by atoms with Crippen LogP contribution >= 0.6 is 0 Å². The van der Waals surface area contributed by atoms with Crippen LogP contribution in [0.2, 0.25) is 0 Å². The van der Waals surface area contributed by atoms with Gasteiger partial charge in [0.25, 0.3) is 0 Å². The SMILES string of the molecule is CCCNC(c1cc(F)ccc1F)C1CC1(C)C. The van der Waals surface area contributed by atoms with E-state index in [1.165, 1.54) is 18.2 Å². The van der Waals surface area contributed by atoms with Crippen molar-refractivity contribution in [2.45, 2.75) is 39.7 Å². The van der Waals surface area contributed by atoms with Crippen LogP contribution < -0.4 is 5.32 Å². The maximum Gasteiger partial charge on any atom is 0.128 e. The fourth-order valence-corrected chi connectivity index (χ4v) is 2.60. The number of nitrogens with one attached hydrogen (secondary N) is 1. The molecule has 0 aromatic heterocycles. The van der Waals surface area contributed by atoms with Crippen LogP contribution in [0.1, 0.15) is 45.2 Å². The molecule has 1 N–H and O–H groups in total. The van der Waals surface area contributed by atoms with E-state index in [9.17, 15) is 8.78 Å². The Morgan fingerprint density at radius 1 is 1.39 bits per heavy atom. The first-order valence-electron chi connectivity index (χ1n) is 6.64. The molecule has 1 aliphatic rings. The van der Waals surface area contributed by atoms with Gasteiger partial charge in [0.15, 0.2) is 0 Å². The van der Waals surface area contributed by atoms with E-state index in [0.717, 1.165) is 19.4 Å². The van der Waals surface area contributed by atoms with E-state index in [-0.39, 0.29) is 23.1 Å². The van der Waals surface area contributed by atoms with Gasteiger partial charge >= 0.3 is 0 Å². The molecule has 0 amide bonds. The molecular weight excluding hydrogens is 232 g/mol. The van der Waals surface area contributed by atoms with Crippen LogP contribution in [0.3, 0.4) is 0 Å². The Bertz CT molecular complexity index is 429. The lowest BCUT2D eigenvalue weighted by atomic mass is 9.96. The minimum absolute atomic E-state index is 0.0735. The topological polar surface area (TPSA) is 12.0 Å². The first kappa shape index (κ1) is 13.5. The van der Waals surface area contributed by atoms with Crippen LogP contribution in [-0.2, 0) is 0 Å². The minimum Gasteiger partial charge on any atom is -0.310 e. The smallest absolute Gasteiger partial charge is 0.128 e.